The Morgan fingerprint density at radius 1 is 1.07 bits per heavy atom. The summed E-state index contributed by atoms with van der Waals surface area (Å²) in [5, 5.41) is 6.57. The topological polar surface area (TPSA) is 89.0 Å². The van der Waals surface area contributed by atoms with Crippen molar-refractivity contribution >= 4 is 49.9 Å². The molecule has 1 atom stereocenters. The molecule has 2 aromatic rings. The Bertz CT molecular complexity index is 903. The van der Waals surface area contributed by atoms with Gasteiger partial charge in [-0.2, -0.15) is 5.10 Å². The zero-order chi connectivity index (χ0) is 20.7. The predicted octanol–water partition coefficient (Wildman–Crippen LogP) is 3.50. The van der Waals surface area contributed by atoms with Crippen molar-refractivity contribution in [2.45, 2.75) is 13.0 Å². The van der Waals surface area contributed by atoms with E-state index in [9.17, 15) is 9.59 Å². The van der Waals surface area contributed by atoms with Crippen LogP contribution in [0.4, 0.5) is 0 Å². The number of rotatable bonds is 7. The van der Waals surface area contributed by atoms with Gasteiger partial charge in [0.05, 0.1) is 30.5 Å². The Labute approximate surface area is 179 Å². The third-order valence-electron chi connectivity index (χ3n) is 3.74. The van der Waals surface area contributed by atoms with Crippen molar-refractivity contribution < 1.29 is 19.1 Å². The van der Waals surface area contributed by atoms with E-state index in [0.717, 1.165) is 4.47 Å². The average molecular weight is 513 g/mol. The second-order valence-electron chi connectivity index (χ2n) is 5.64. The second-order valence-corrected chi connectivity index (χ2v) is 7.35. The number of hydrogen-bond donors (Lipinski definition) is 2. The van der Waals surface area contributed by atoms with E-state index < -0.39 is 11.9 Å². The van der Waals surface area contributed by atoms with Gasteiger partial charge in [0.15, 0.2) is 0 Å². The first-order chi connectivity index (χ1) is 13.4. The SMILES string of the molecule is COc1cc(OC)c(C=NNC(=O)C(C)NC(=O)c2ccccc2Br)cc1Br. The monoisotopic (exact) mass is 511 g/mol. The molecule has 9 heteroatoms. The van der Waals surface area contributed by atoms with Crippen molar-refractivity contribution in [3.8, 4) is 11.5 Å². The number of methoxy groups -OCH3 is 2. The highest BCUT2D eigenvalue weighted by Crippen LogP contribution is 2.31. The van der Waals surface area contributed by atoms with E-state index in [4.69, 9.17) is 9.47 Å². The number of hydrogen-bond acceptors (Lipinski definition) is 5. The molecule has 2 N–H and O–H groups in total. The Balaban J connectivity index is 2.00. The number of amides is 2. The van der Waals surface area contributed by atoms with Crippen LogP contribution in [0, 0.1) is 0 Å². The van der Waals surface area contributed by atoms with Gasteiger partial charge >= 0.3 is 0 Å². The lowest BCUT2D eigenvalue weighted by Crippen LogP contribution is -2.43. The van der Waals surface area contributed by atoms with Gasteiger partial charge in [-0.05, 0) is 57.0 Å². The van der Waals surface area contributed by atoms with E-state index in [2.05, 4.69) is 47.7 Å². The largest absolute Gasteiger partial charge is 0.496 e. The maximum Gasteiger partial charge on any atom is 0.262 e. The molecule has 28 heavy (non-hydrogen) atoms. The van der Waals surface area contributed by atoms with Crippen molar-refractivity contribution in [1.29, 1.82) is 0 Å². The van der Waals surface area contributed by atoms with Gasteiger partial charge in [-0.1, -0.05) is 12.1 Å². The Morgan fingerprint density at radius 2 is 1.75 bits per heavy atom. The van der Waals surface area contributed by atoms with Gasteiger partial charge in [0, 0.05) is 16.1 Å². The number of carbonyl (C=O) groups excluding carboxylic acids is 2. The van der Waals surface area contributed by atoms with Crippen molar-refractivity contribution in [2.24, 2.45) is 5.10 Å². The molecule has 1 unspecified atom stereocenters. The van der Waals surface area contributed by atoms with Crippen molar-refractivity contribution in [2.75, 3.05) is 14.2 Å². The zero-order valence-electron chi connectivity index (χ0n) is 15.5. The van der Waals surface area contributed by atoms with Crippen LogP contribution >= 0.6 is 31.9 Å². The van der Waals surface area contributed by atoms with E-state index in [-0.39, 0.29) is 5.91 Å². The minimum Gasteiger partial charge on any atom is -0.496 e. The summed E-state index contributed by atoms with van der Waals surface area (Å²) in [6.45, 7) is 1.57. The van der Waals surface area contributed by atoms with Crippen LogP contribution in [0.1, 0.15) is 22.8 Å². The smallest absolute Gasteiger partial charge is 0.262 e. The van der Waals surface area contributed by atoms with Gasteiger partial charge in [-0.15, -0.1) is 0 Å². The summed E-state index contributed by atoms with van der Waals surface area (Å²) in [6, 6.07) is 9.65. The molecular weight excluding hydrogens is 494 g/mol. The first-order valence-corrected chi connectivity index (χ1v) is 9.75. The molecule has 0 aliphatic carbocycles. The molecule has 7 nitrogen and oxygen atoms in total. The quantitative estimate of drug-likeness (QED) is 0.439. The number of hydrazone groups is 1. The molecule has 0 heterocycles. The van der Waals surface area contributed by atoms with E-state index in [0.29, 0.717) is 27.1 Å². The number of nitrogens with zero attached hydrogens (tertiary/aromatic N) is 1. The van der Waals surface area contributed by atoms with E-state index in [1.165, 1.54) is 13.3 Å². The molecule has 0 saturated heterocycles. The van der Waals surface area contributed by atoms with Crippen molar-refractivity contribution in [1.82, 2.24) is 10.7 Å². The van der Waals surface area contributed by atoms with Crippen LogP contribution in [0.25, 0.3) is 0 Å². The number of benzene rings is 2. The van der Waals surface area contributed by atoms with Crippen LogP contribution in [-0.4, -0.2) is 38.3 Å². The maximum atomic E-state index is 12.3. The molecule has 148 valence electrons. The zero-order valence-corrected chi connectivity index (χ0v) is 18.6. The Hall–Kier alpha value is -2.39. The minimum atomic E-state index is -0.777. The fraction of sp³-hybridized carbons (Fsp3) is 0.211. The van der Waals surface area contributed by atoms with Gasteiger partial charge in [0.2, 0.25) is 0 Å². The first-order valence-electron chi connectivity index (χ1n) is 8.17. The summed E-state index contributed by atoms with van der Waals surface area (Å²) >= 11 is 6.70. The molecule has 0 bridgehead atoms. The molecular formula is C19H19Br2N3O4. The van der Waals surface area contributed by atoms with E-state index in [1.54, 1.807) is 50.4 Å². The number of nitrogens with one attached hydrogen (secondary N) is 2. The Morgan fingerprint density at radius 3 is 2.39 bits per heavy atom. The minimum absolute atomic E-state index is 0.361. The number of halogens is 2. The highest BCUT2D eigenvalue weighted by molar-refractivity contribution is 9.10. The van der Waals surface area contributed by atoms with Crippen LogP contribution in [0.3, 0.4) is 0 Å². The molecule has 0 radical (unpaired) electrons. The molecule has 2 aromatic carbocycles. The van der Waals surface area contributed by atoms with Gasteiger partial charge < -0.3 is 14.8 Å². The highest BCUT2D eigenvalue weighted by Gasteiger charge is 2.17. The molecule has 0 aromatic heterocycles. The normalized spacial score (nSPS) is 11.8. The molecule has 0 spiro atoms. The van der Waals surface area contributed by atoms with Gasteiger partial charge in [0.1, 0.15) is 17.5 Å². The molecule has 0 aliphatic rings. The maximum absolute atomic E-state index is 12.3. The van der Waals surface area contributed by atoms with Crippen LogP contribution in [0.2, 0.25) is 0 Å². The van der Waals surface area contributed by atoms with Gasteiger partial charge in [-0.3, -0.25) is 9.59 Å². The highest BCUT2D eigenvalue weighted by atomic mass is 79.9. The lowest BCUT2D eigenvalue weighted by Gasteiger charge is -2.13. The third-order valence-corrected chi connectivity index (χ3v) is 5.05. The standard InChI is InChI=1S/C19H19Br2N3O4/c1-11(23-19(26)13-6-4-5-7-14(13)20)18(25)24-22-10-12-8-15(21)17(28-3)9-16(12)27-2/h4-11H,1-3H3,(H,23,26)(H,24,25). The summed E-state index contributed by atoms with van der Waals surface area (Å²) < 4.78 is 11.9. The summed E-state index contributed by atoms with van der Waals surface area (Å²) in [5.41, 5.74) is 3.49. The molecule has 2 amide bonds. The second kappa shape index (κ2) is 10.2. The molecule has 0 aliphatic heterocycles. The predicted molar refractivity (Wildman–Crippen MR) is 114 cm³/mol. The van der Waals surface area contributed by atoms with Crippen LogP contribution in [0.5, 0.6) is 11.5 Å². The number of carbonyl (C=O) groups is 2. The van der Waals surface area contributed by atoms with Gasteiger partial charge in [0.25, 0.3) is 11.8 Å². The van der Waals surface area contributed by atoms with E-state index >= 15 is 0 Å². The first kappa shape index (κ1) is 21.9. The lowest BCUT2D eigenvalue weighted by atomic mass is 10.2. The Kier molecular flexibility index (Phi) is 8.01. The fourth-order valence-electron chi connectivity index (χ4n) is 2.23. The molecule has 2 rings (SSSR count). The van der Waals surface area contributed by atoms with Gasteiger partial charge in [-0.25, -0.2) is 5.43 Å². The average Bonchev–Trinajstić information content (AvgIpc) is 2.68. The summed E-state index contributed by atoms with van der Waals surface area (Å²) in [7, 11) is 3.08. The van der Waals surface area contributed by atoms with Crippen LogP contribution in [-0.2, 0) is 4.79 Å². The lowest BCUT2D eigenvalue weighted by molar-refractivity contribution is -0.122. The van der Waals surface area contributed by atoms with Crippen LogP contribution < -0.4 is 20.2 Å². The number of ether oxygens (including phenoxy) is 2. The third kappa shape index (κ3) is 5.56. The fourth-order valence-corrected chi connectivity index (χ4v) is 3.22. The van der Waals surface area contributed by atoms with Crippen LogP contribution in [0.15, 0.2) is 50.4 Å². The van der Waals surface area contributed by atoms with E-state index in [1.807, 2.05) is 0 Å². The summed E-state index contributed by atoms with van der Waals surface area (Å²) in [4.78, 5) is 24.5. The molecule has 0 fully saturated rings. The van der Waals surface area contributed by atoms with Crippen molar-refractivity contribution in [3.05, 3.63) is 56.5 Å². The van der Waals surface area contributed by atoms with Crippen molar-refractivity contribution in [3.63, 3.8) is 0 Å². The summed E-state index contributed by atoms with van der Waals surface area (Å²) in [5.74, 6) is 0.331. The molecule has 0 saturated carbocycles. The summed E-state index contributed by atoms with van der Waals surface area (Å²) in [6.07, 6.45) is 1.45.